The highest BCUT2D eigenvalue weighted by molar-refractivity contribution is 6.04. The Labute approximate surface area is 222 Å². The van der Waals surface area contributed by atoms with E-state index in [1.54, 1.807) is 43.5 Å². The van der Waals surface area contributed by atoms with Gasteiger partial charge in [0.05, 0.1) is 35.3 Å². The van der Waals surface area contributed by atoms with Crippen LogP contribution in [-0.2, 0) is 6.18 Å². The van der Waals surface area contributed by atoms with Gasteiger partial charge in [0.2, 0.25) is 0 Å². The molecular weight excluding hydrogens is 511 g/mol. The van der Waals surface area contributed by atoms with Crippen molar-refractivity contribution in [1.29, 1.82) is 0 Å². The minimum Gasteiger partial charge on any atom is -0.444 e. The Kier molecular flexibility index (Phi) is 7.00. The summed E-state index contributed by atoms with van der Waals surface area (Å²) in [5.41, 5.74) is 1.51. The van der Waals surface area contributed by atoms with Crippen molar-refractivity contribution in [3.8, 4) is 22.6 Å². The summed E-state index contributed by atoms with van der Waals surface area (Å²) in [5.74, 6) is 0.753. The highest BCUT2D eigenvalue weighted by atomic mass is 19.4. The predicted octanol–water partition coefficient (Wildman–Crippen LogP) is 6.05. The van der Waals surface area contributed by atoms with Gasteiger partial charge in [0.15, 0.2) is 18.0 Å². The molecule has 0 aliphatic carbocycles. The summed E-state index contributed by atoms with van der Waals surface area (Å²) in [6.07, 6.45) is -2.11. The number of hydrogen-bond acceptors (Lipinski definition) is 6. The van der Waals surface area contributed by atoms with Crippen LogP contribution in [0.3, 0.4) is 0 Å². The van der Waals surface area contributed by atoms with Crippen LogP contribution in [0.4, 0.5) is 35.2 Å². The lowest BCUT2D eigenvalue weighted by molar-refractivity contribution is -0.137. The third-order valence-corrected chi connectivity index (χ3v) is 6.75. The first-order valence-electron chi connectivity index (χ1n) is 12.3. The number of aliphatic hydroxyl groups excluding tert-OH is 1. The molecule has 5 rings (SSSR count). The quantitative estimate of drug-likeness (QED) is 0.330. The van der Waals surface area contributed by atoms with Gasteiger partial charge in [0, 0.05) is 30.4 Å². The Morgan fingerprint density at radius 3 is 2.62 bits per heavy atom. The lowest BCUT2D eigenvalue weighted by atomic mass is 10.0. The number of oxazole rings is 1. The van der Waals surface area contributed by atoms with Crippen LogP contribution < -0.4 is 15.1 Å². The van der Waals surface area contributed by atoms with Crippen LogP contribution in [0.25, 0.3) is 22.6 Å². The summed E-state index contributed by atoms with van der Waals surface area (Å²) in [4.78, 5) is 25.6. The Morgan fingerprint density at radius 2 is 1.87 bits per heavy atom. The molecule has 0 saturated carbocycles. The zero-order valence-electron chi connectivity index (χ0n) is 21.2. The molecule has 0 spiro atoms. The lowest BCUT2D eigenvalue weighted by Crippen LogP contribution is -2.50. The number of aliphatic hydroxyl groups is 1. The van der Waals surface area contributed by atoms with Gasteiger partial charge >= 0.3 is 12.2 Å². The van der Waals surface area contributed by atoms with Crippen LogP contribution in [0, 0.1) is 0 Å². The molecule has 4 aromatic rings. The molecule has 2 aromatic carbocycles. The molecule has 11 heteroatoms. The molecule has 0 radical (unpaired) electrons. The second-order valence-electron chi connectivity index (χ2n) is 9.38. The number of benzene rings is 2. The molecule has 2 amide bonds. The average Bonchev–Trinajstić information content (AvgIpc) is 3.46. The Hall–Kier alpha value is -4.38. The molecule has 202 valence electrons. The SMILES string of the molecule is C[C@@H]1[C@H](O)CCN(C)c2ccc(-c3cccc(C(F)(F)F)c3)nc2N1C(=O)Nc1cccc(-c2cnco2)c1. The number of urea groups is 1. The molecule has 3 heterocycles. The fraction of sp³-hybridized carbons (Fsp3) is 0.250. The van der Waals surface area contributed by atoms with Gasteiger partial charge in [0.25, 0.3) is 0 Å². The monoisotopic (exact) mass is 537 g/mol. The maximum absolute atomic E-state index is 13.7. The molecule has 0 unspecified atom stereocenters. The maximum atomic E-state index is 13.7. The largest absolute Gasteiger partial charge is 0.444 e. The highest BCUT2D eigenvalue weighted by Crippen LogP contribution is 2.37. The molecular formula is C28H26F3N5O3. The van der Waals surface area contributed by atoms with E-state index in [4.69, 9.17) is 4.42 Å². The van der Waals surface area contributed by atoms with Crippen LogP contribution in [0.5, 0.6) is 0 Å². The molecule has 1 aliphatic heterocycles. The molecule has 2 N–H and O–H groups in total. The molecule has 2 atom stereocenters. The Balaban J connectivity index is 1.55. The first-order chi connectivity index (χ1) is 18.6. The van der Waals surface area contributed by atoms with Gasteiger partial charge in [-0.15, -0.1) is 0 Å². The van der Waals surface area contributed by atoms with Crippen molar-refractivity contribution in [1.82, 2.24) is 9.97 Å². The average molecular weight is 538 g/mol. The van der Waals surface area contributed by atoms with Gasteiger partial charge in [-0.05, 0) is 49.7 Å². The maximum Gasteiger partial charge on any atom is 0.416 e. The van der Waals surface area contributed by atoms with E-state index in [0.717, 1.165) is 12.1 Å². The lowest BCUT2D eigenvalue weighted by Gasteiger charge is -2.37. The fourth-order valence-electron chi connectivity index (χ4n) is 4.56. The summed E-state index contributed by atoms with van der Waals surface area (Å²) in [6.45, 7) is 2.21. The van der Waals surface area contributed by atoms with E-state index in [0.29, 0.717) is 35.7 Å². The number of nitrogens with zero attached hydrogens (tertiary/aromatic N) is 4. The number of aromatic nitrogens is 2. The number of hydrogen-bond donors (Lipinski definition) is 2. The Bertz CT molecular complexity index is 1480. The van der Waals surface area contributed by atoms with E-state index >= 15 is 0 Å². The zero-order chi connectivity index (χ0) is 27.7. The van der Waals surface area contributed by atoms with E-state index in [9.17, 15) is 23.1 Å². The van der Waals surface area contributed by atoms with E-state index in [-0.39, 0.29) is 17.1 Å². The standard InChI is InChI=1S/C28H26F3N5O3/c1-17-24(37)11-12-35(2)23-10-9-22(18-5-3-7-20(13-18)28(29,30)31)34-26(23)36(17)27(38)33-21-8-4-6-19(14-21)25-15-32-16-39-25/h3-10,13-17,24,37H,11-12H2,1-2H3,(H,33,38)/t17-,24-/m1/s1. The number of alkyl halides is 3. The van der Waals surface area contributed by atoms with E-state index in [2.05, 4.69) is 15.3 Å². The summed E-state index contributed by atoms with van der Waals surface area (Å²) < 4.78 is 45.5. The third-order valence-electron chi connectivity index (χ3n) is 6.75. The fourth-order valence-corrected chi connectivity index (χ4v) is 4.56. The van der Waals surface area contributed by atoms with Crippen molar-refractivity contribution >= 4 is 23.2 Å². The minimum atomic E-state index is -4.51. The third kappa shape index (κ3) is 5.44. The normalized spacial score (nSPS) is 17.8. The van der Waals surface area contributed by atoms with Gasteiger partial charge in [-0.25, -0.2) is 14.8 Å². The number of nitrogens with one attached hydrogen (secondary N) is 1. The number of carbonyl (C=O) groups excluding carboxylic acids is 1. The second-order valence-corrected chi connectivity index (χ2v) is 9.38. The van der Waals surface area contributed by atoms with Crippen LogP contribution in [0.1, 0.15) is 18.9 Å². The number of rotatable bonds is 3. The minimum absolute atomic E-state index is 0.225. The topological polar surface area (TPSA) is 94.7 Å². The molecule has 39 heavy (non-hydrogen) atoms. The molecule has 1 aliphatic rings. The van der Waals surface area contributed by atoms with E-state index in [1.807, 2.05) is 18.0 Å². The van der Waals surface area contributed by atoms with E-state index < -0.39 is 29.9 Å². The van der Waals surface area contributed by atoms with Gasteiger partial charge < -0.3 is 19.7 Å². The summed E-state index contributed by atoms with van der Waals surface area (Å²) in [7, 11) is 1.81. The van der Waals surface area contributed by atoms with Crippen molar-refractivity contribution in [2.45, 2.75) is 31.7 Å². The van der Waals surface area contributed by atoms with Crippen LogP contribution in [-0.4, -0.2) is 46.8 Å². The number of amides is 2. The number of anilines is 3. The van der Waals surface area contributed by atoms with Gasteiger partial charge in [0.1, 0.15) is 0 Å². The van der Waals surface area contributed by atoms with Crippen molar-refractivity contribution in [3.05, 3.63) is 78.8 Å². The number of fused-ring (bicyclic) bond motifs is 1. The second kappa shape index (κ2) is 10.4. The first-order valence-corrected chi connectivity index (χ1v) is 12.3. The smallest absolute Gasteiger partial charge is 0.416 e. The van der Waals surface area contributed by atoms with Crippen molar-refractivity contribution in [3.63, 3.8) is 0 Å². The summed E-state index contributed by atoms with van der Waals surface area (Å²) in [6, 6.07) is 14.0. The Morgan fingerprint density at radius 1 is 1.10 bits per heavy atom. The number of halogens is 3. The summed E-state index contributed by atoms with van der Waals surface area (Å²) in [5, 5.41) is 13.7. The number of carbonyl (C=O) groups is 1. The van der Waals surface area contributed by atoms with Crippen LogP contribution >= 0.6 is 0 Å². The summed E-state index contributed by atoms with van der Waals surface area (Å²) >= 11 is 0. The van der Waals surface area contributed by atoms with Gasteiger partial charge in [-0.3, -0.25) is 4.90 Å². The highest BCUT2D eigenvalue weighted by Gasteiger charge is 2.34. The van der Waals surface area contributed by atoms with Crippen LogP contribution in [0.2, 0.25) is 0 Å². The van der Waals surface area contributed by atoms with E-state index in [1.165, 1.54) is 23.4 Å². The predicted molar refractivity (Wildman–Crippen MR) is 141 cm³/mol. The van der Waals surface area contributed by atoms with Crippen molar-refractivity contribution in [2.75, 3.05) is 28.7 Å². The molecule has 0 bridgehead atoms. The number of pyridine rings is 1. The first kappa shape index (κ1) is 26.2. The molecule has 8 nitrogen and oxygen atoms in total. The van der Waals surface area contributed by atoms with Crippen molar-refractivity contribution in [2.24, 2.45) is 0 Å². The molecule has 0 fully saturated rings. The molecule has 0 saturated heterocycles. The zero-order valence-corrected chi connectivity index (χ0v) is 21.2. The van der Waals surface area contributed by atoms with Crippen LogP contribution in [0.15, 0.2) is 77.7 Å². The van der Waals surface area contributed by atoms with Gasteiger partial charge in [-0.2, -0.15) is 13.2 Å². The van der Waals surface area contributed by atoms with Crippen molar-refractivity contribution < 1.29 is 27.5 Å². The van der Waals surface area contributed by atoms with Gasteiger partial charge in [-0.1, -0.05) is 24.3 Å². The molecule has 2 aromatic heterocycles.